The summed E-state index contributed by atoms with van der Waals surface area (Å²) in [5.41, 5.74) is 7.65. The molecule has 1 heterocycles. The molecule has 0 aliphatic heterocycles. The van der Waals surface area contributed by atoms with Crippen molar-refractivity contribution in [3.63, 3.8) is 0 Å². The number of rotatable bonds is 2. The third-order valence-electron chi connectivity index (χ3n) is 2.75. The van der Waals surface area contributed by atoms with Crippen molar-refractivity contribution < 1.29 is 0 Å². The second-order valence-corrected chi connectivity index (χ2v) is 4.20. The van der Waals surface area contributed by atoms with Crippen LogP contribution in [0, 0.1) is 0 Å². The Kier molecular flexibility index (Phi) is 3.31. The fourth-order valence-corrected chi connectivity index (χ4v) is 2.01. The Morgan fingerprint density at radius 2 is 1.94 bits per heavy atom. The molecule has 1 aromatic heterocycles. The Hall–Kier alpha value is -1.58. The average molecular weight is 249 g/mol. The van der Waals surface area contributed by atoms with Crippen molar-refractivity contribution in [3.8, 4) is 11.3 Å². The summed E-state index contributed by atoms with van der Waals surface area (Å²) < 4.78 is 1.57. The number of benzene rings is 1. The molecular weight excluding hydrogens is 236 g/mol. The summed E-state index contributed by atoms with van der Waals surface area (Å²) >= 11 is 6.12. The molecule has 88 valence electrons. The number of halogens is 1. The molecule has 0 fully saturated rings. The normalized spacial score (nSPS) is 10.5. The first kappa shape index (κ1) is 11.9. The molecular formula is C13H13ClN2O. The van der Waals surface area contributed by atoms with E-state index in [4.69, 9.17) is 17.3 Å². The predicted octanol–water partition coefficient (Wildman–Crippen LogP) is 2.16. The number of aromatic nitrogens is 1. The molecule has 0 atom stereocenters. The summed E-state index contributed by atoms with van der Waals surface area (Å²) in [4.78, 5) is 11.9. The molecule has 2 N–H and O–H groups in total. The van der Waals surface area contributed by atoms with E-state index >= 15 is 0 Å². The van der Waals surface area contributed by atoms with Gasteiger partial charge in [0.1, 0.15) is 0 Å². The Morgan fingerprint density at radius 3 is 2.59 bits per heavy atom. The smallest absolute Gasteiger partial charge is 0.255 e. The lowest BCUT2D eigenvalue weighted by atomic mass is 10.1. The van der Waals surface area contributed by atoms with Crippen molar-refractivity contribution in [2.45, 2.75) is 6.54 Å². The van der Waals surface area contributed by atoms with Gasteiger partial charge >= 0.3 is 0 Å². The van der Waals surface area contributed by atoms with E-state index in [1.54, 1.807) is 23.7 Å². The van der Waals surface area contributed by atoms with Gasteiger partial charge in [0.2, 0.25) is 0 Å². The zero-order valence-corrected chi connectivity index (χ0v) is 10.2. The van der Waals surface area contributed by atoms with E-state index in [2.05, 4.69) is 0 Å². The molecule has 2 rings (SSSR count). The van der Waals surface area contributed by atoms with Gasteiger partial charge in [-0.05, 0) is 12.1 Å². The molecule has 4 heteroatoms. The van der Waals surface area contributed by atoms with Crippen molar-refractivity contribution in [1.82, 2.24) is 4.57 Å². The van der Waals surface area contributed by atoms with E-state index in [0.29, 0.717) is 10.6 Å². The molecule has 0 bridgehead atoms. The number of nitrogens with two attached hydrogens (primary N) is 1. The Labute approximate surface area is 104 Å². The second kappa shape index (κ2) is 4.73. The van der Waals surface area contributed by atoms with Gasteiger partial charge < -0.3 is 10.3 Å². The molecule has 0 spiro atoms. The first-order chi connectivity index (χ1) is 8.15. The van der Waals surface area contributed by atoms with Gasteiger partial charge in [-0.3, -0.25) is 4.79 Å². The van der Waals surface area contributed by atoms with Crippen LogP contribution in [0.5, 0.6) is 0 Å². The molecule has 0 saturated carbocycles. The Morgan fingerprint density at radius 1 is 1.24 bits per heavy atom. The van der Waals surface area contributed by atoms with Crippen molar-refractivity contribution in [3.05, 3.63) is 57.3 Å². The maximum Gasteiger partial charge on any atom is 0.255 e. The highest BCUT2D eigenvalue weighted by atomic mass is 35.5. The summed E-state index contributed by atoms with van der Waals surface area (Å²) in [5.74, 6) is 0. The van der Waals surface area contributed by atoms with E-state index in [0.717, 1.165) is 11.3 Å². The molecule has 2 aromatic rings. The van der Waals surface area contributed by atoms with Crippen LogP contribution in [0.1, 0.15) is 5.56 Å². The van der Waals surface area contributed by atoms with Crippen LogP contribution in [-0.2, 0) is 13.6 Å². The van der Waals surface area contributed by atoms with Gasteiger partial charge in [-0.15, -0.1) is 0 Å². The van der Waals surface area contributed by atoms with E-state index in [-0.39, 0.29) is 12.1 Å². The van der Waals surface area contributed by atoms with Crippen LogP contribution < -0.4 is 11.3 Å². The Bertz CT molecular complexity index is 605. The Balaban J connectivity index is 2.66. The van der Waals surface area contributed by atoms with Crippen LogP contribution >= 0.6 is 11.6 Å². The summed E-state index contributed by atoms with van der Waals surface area (Å²) in [6.07, 6.45) is 0. The highest BCUT2D eigenvalue weighted by Gasteiger charge is 2.08. The summed E-state index contributed by atoms with van der Waals surface area (Å²) in [7, 11) is 1.72. The van der Waals surface area contributed by atoms with Crippen LogP contribution in [0.25, 0.3) is 11.3 Å². The maximum atomic E-state index is 11.9. The maximum absolute atomic E-state index is 11.9. The summed E-state index contributed by atoms with van der Waals surface area (Å²) in [6, 6.07) is 11.1. The second-order valence-electron chi connectivity index (χ2n) is 3.79. The molecule has 3 nitrogen and oxygen atoms in total. The van der Waals surface area contributed by atoms with E-state index in [1.165, 1.54) is 0 Å². The topological polar surface area (TPSA) is 48.0 Å². The average Bonchev–Trinajstić information content (AvgIpc) is 2.34. The van der Waals surface area contributed by atoms with Crippen molar-refractivity contribution >= 4 is 11.6 Å². The van der Waals surface area contributed by atoms with Crippen LogP contribution in [0.2, 0.25) is 5.02 Å². The minimum atomic E-state index is -0.0788. The van der Waals surface area contributed by atoms with Gasteiger partial charge in [0.05, 0.1) is 5.69 Å². The molecule has 1 aromatic carbocycles. The molecule has 0 saturated heterocycles. The number of hydrogen-bond acceptors (Lipinski definition) is 2. The monoisotopic (exact) mass is 248 g/mol. The number of pyridine rings is 1. The van der Waals surface area contributed by atoms with Crippen molar-refractivity contribution in [2.75, 3.05) is 0 Å². The van der Waals surface area contributed by atoms with Gasteiger partial charge in [0, 0.05) is 29.7 Å². The first-order valence-corrected chi connectivity index (χ1v) is 5.67. The highest BCUT2D eigenvalue weighted by Crippen LogP contribution is 2.26. The fraction of sp³-hybridized carbons (Fsp3) is 0.154. The van der Waals surface area contributed by atoms with Gasteiger partial charge in [-0.2, -0.15) is 0 Å². The standard InChI is InChI=1S/C13H13ClN2O/c1-16-12(7-6-9(8-15)13(16)17)10-4-2-3-5-11(10)14/h2-7H,8,15H2,1H3. The minimum absolute atomic E-state index is 0.0788. The lowest BCUT2D eigenvalue weighted by Gasteiger charge is -2.11. The molecule has 0 unspecified atom stereocenters. The van der Waals surface area contributed by atoms with Gasteiger partial charge in [-0.25, -0.2) is 0 Å². The fourth-order valence-electron chi connectivity index (χ4n) is 1.78. The SMILES string of the molecule is Cn1c(-c2ccccc2Cl)ccc(CN)c1=O. The van der Waals surface area contributed by atoms with Crippen LogP contribution in [0.3, 0.4) is 0 Å². The predicted molar refractivity (Wildman–Crippen MR) is 70.0 cm³/mol. The molecule has 0 amide bonds. The zero-order valence-electron chi connectivity index (χ0n) is 9.48. The van der Waals surface area contributed by atoms with Crippen molar-refractivity contribution in [1.29, 1.82) is 0 Å². The lowest BCUT2D eigenvalue weighted by Crippen LogP contribution is -2.24. The van der Waals surface area contributed by atoms with Crippen LogP contribution in [0.4, 0.5) is 0 Å². The third kappa shape index (κ3) is 2.12. The third-order valence-corrected chi connectivity index (χ3v) is 3.08. The van der Waals surface area contributed by atoms with E-state index in [9.17, 15) is 4.79 Å². The zero-order chi connectivity index (χ0) is 12.4. The van der Waals surface area contributed by atoms with E-state index in [1.807, 2.05) is 24.3 Å². The molecule has 0 aliphatic carbocycles. The summed E-state index contributed by atoms with van der Waals surface area (Å²) in [5, 5.41) is 0.628. The highest BCUT2D eigenvalue weighted by molar-refractivity contribution is 6.33. The van der Waals surface area contributed by atoms with Gasteiger partial charge in [-0.1, -0.05) is 35.9 Å². The quantitative estimate of drug-likeness (QED) is 0.886. The van der Waals surface area contributed by atoms with Gasteiger partial charge in [0.15, 0.2) is 0 Å². The molecule has 0 radical (unpaired) electrons. The van der Waals surface area contributed by atoms with Crippen LogP contribution in [0.15, 0.2) is 41.2 Å². The van der Waals surface area contributed by atoms with E-state index < -0.39 is 0 Å². The largest absolute Gasteiger partial charge is 0.326 e. The number of hydrogen-bond donors (Lipinski definition) is 1. The summed E-state index contributed by atoms with van der Waals surface area (Å²) in [6.45, 7) is 0.246. The van der Waals surface area contributed by atoms with Crippen LogP contribution in [-0.4, -0.2) is 4.57 Å². The van der Waals surface area contributed by atoms with Crippen molar-refractivity contribution in [2.24, 2.45) is 12.8 Å². The molecule has 0 aliphatic rings. The lowest BCUT2D eigenvalue weighted by molar-refractivity contribution is 0.839. The van der Waals surface area contributed by atoms with Gasteiger partial charge in [0.25, 0.3) is 5.56 Å². The molecule has 17 heavy (non-hydrogen) atoms. The minimum Gasteiger partial charge on any atom is -0.326 e. The first-order valence-electron chi connectivity index (χ1n) is 5.29. The number of nitrogens with zero attached hydrogens (tertiary/aromatic N) is 1.